The predicted octanol–water partition coefficient (Wildman–Crippen LogP) is 3.06. The lowest BCUT2D eigenvalue weighted by atomic mass is 9.97. The Kier molecular flexibility index (Phi) is 2.83. The number of halogens is 1. The summed E-state index contributed by atoms with van der Waals surface area (Å²) in [4.78, 5) is 14.6. The van der Waals surface area contributed by atoms with Gasteiger partial charge in [-0.2, -0.15) is 0 Å². The highest BCUT2D eigenvalue weighted by Crippen LogP contribution is 2.30. The Bertz CT molecular complexity index is 535. The summed E-state index contributed by atoms with van der Waals surface area (Å²) in [6, 6.07) is 3.44. The third-order valence-corrected chi connectivity index (χ3v) is 2.79. The van der Waals surface area contributed by atoms with E-state index in [1.165, 1.54) is 6.39 Å². The van der Waals surface area contributed by atoms with Crippen LogP contribution in [-0.4, -0.2) is 16.1 Å². The van der Waals surface area contributed by atoms with E-state index in [9.17, 15) is 4.79 Å². The molecule has 0 saturated carbocycles. The summed E-state index contributed by atoms with van der Waals surface area (Å²) in [5.41, 5.74) is 2.08. The summed E-state index contributed by atoms with van der Waals surface area (Å²) >= 11 is 6.06. The number of benzene rings is 1. The molecule has 5 heteroatoms. The molecule has 1 aromatic carbocycles. The van der Waals surface area contributed by atoms with Crippen LogP contribution in [0.5, 0.6) is 0 Å². The van der Waals surface area contributed by atoms with Crippen LogP contribution in [0.3, 0.4) is 0 Å². The Morgan fingerprint density at radius 1 is 1.62 bits per heavy atom. The molecule has 1 heterocycles. The number of aromatic nitrogens is 1. The average molecular weight is 240 g/mol. The summed E-state index contributed by atoms with van der Waals surface area (Å²) in [6.07, 6.45) is 1.38. The number of carbonyl (C=O) groups is 1. The van der Waals surface area contributed by atoms with Crippen LogP contribution in [-0.2, 0) is 4.79 Å². The van der Waals surface area contributed by atoms with Gasteiger partial charge in [-0.3, -0.25) is 4.79 Å². The predicted molar refractivity (Wildman–Crippen MR) is 59.7 cm³/mol. The second-order valence-electron chi connectivity index (χ2n) is 3.69. The summed E-state index contributed by atoms with van der Waals surface area (Å²) in [5.74, 6) is -0.991. The minimum absolute atomic E-state index is 0.0447. The van der Waals surface area contributed by atoms with Crippen molar-refractivity contribution in [2.75, 3.05) is 0 Å². The normalized spacial score (nSPS) is 12.9. The van der Waals surface area contributed by atoms with Crippen molar-refractivity contribution in [2.45, 2.75) is 19.3 Å². The van der Waals surface area contributed by atoms with Gasteiger partial charge >= 0.3 is 5.97 Å². The van der Waals surface area contributed by atoms with Crippen LogP contribution < -0.4 is 0 Å². The number of oxazole rings is 1. The Hall–Kier alpha value is -1.55. The van der Waals surface area contributed by atoms with Gasteiger partial charge in [0.05, 0.1) is 6.42 Å². The molecule has 16 heavy (non-hydrogen) atoms. The van der Waals surface area contributed by atoms with Gasteiger partial charge in [0.25, 0.3) is 0 Å². The van der Waals surface area contributed by atoms with Crippen LogP contribution in [0.15, 0.2) is 22.9 Å². The number of hydrogen-bond acceptors (Lipinski definition) is 3. The molecule has 0 spiro atoms. The number of rotatable bonds is 3. The number of hydrogen-bond donors (Lipinski definition) is 1. The van der Waals surface area contributed by atoms with Crippen LogP contribution in [0, 0.1) is 0 Å². The van der Waals surface area contributed by atoms with Gasteiger partial charge in [-0.1, -0.05) is 18.5 Å². The zero-order valence-electron chi connectivity index (χ0n) is 8.61. The van der Waals surface area contributed by atoms with Crippen molar-refractivity contribution < 1.29 is 14.3 Å². The number of fused-ring (bicyclic) bond motifs is 1. The van der Waals surface area contributed by atoms with Gasteiger partial charge in [0.15, 0.2) is 12.0 Å². The van der Waals surface area contributed by atoms with Gasteiger partial charge in [-0.05, 0) is 17.5 Å². The minimum Gasteiger partial charge on any atom is -0.481 e. The Morgan fingerprint density at radius 3 is 3.06 bits per heavy atom. The van der Waals surface area contributed by atoms with Crippen molar-refractivity contribution in [3.63, 3.8) is 0 Å². The quantitative estimate of drug-likeness (QED) is 0.894. The molecule has 0 amide bonds. The summed E-state index contributed by atoms with van der Waals surface area (Å²) in [6.45, 7) is 1.82. The molecule has 4 nitrogen and oxygen atoms in total. The molecule has 84 valence electrons. The van der Waals surface area contributed by atoms with Crippen molar-refractivity contribution in [2.24, 2.45) is 0 Å². The van der Waals surface area contributed by atoms with Crippen molar-refractivity contribution >= 4 is 28.7 Å². The van der Waals surface area contributed by atoms with E-state index in [4.69, 9.17) is 21.1 Å². The Morgan fingerprint density at radius 2 is 2.38 bits per heavy atom. The first-order valence-corrected chi connectivity index (χ1v) is 5.20. The second kappa shape index (κ2) is 4.14. The number of nitrogens with zero attached hydrogens (tertiary/aromatic N) is 1. The second-order valence-corrected chi connectivity index (χ2v) is 4.10. The van der Waals surface area contributed by atoms with E-state index >= 15 is 0 Å². The molecule has 0 fully saturated rings. The van der Waals surface area contributed by atoms with Crippen molar-refractivity contribution in [1.29, 1.82) is 0 Å². The summed E-state index contributed by atoms with van der Waals surface area (Å²) in [7, 11) is 0. The van der Waals surface area contributed by atoms with Gasteiger partial charge in [0.2, 0.25) is 0 Å². The fourth-order valence-electron chi connectivity index (χ4n) is 1.64. The Balaban J connectivity index is 2.42. The number of carboxylic acid groups (broad SMARTS) is 1. The first kappa shape index (κ1) is 11.0. The molecule has 1 atom stereocenters. The molecule has 0 aliphatic rings. The molecule has 0 saturated heterocycles. The Labute approximate surface area is 96.8 Å². The molecular formula is C11H10ClNO3. The minimum atomic E-state index is -0.844. The first-order valence-electron chi connectivity index (χ1n) is 4.82. The maximum Gasteiger partial charge on any atom is 0.303 e. The molecule has 0 radical (unpaired) electrons. The highest BCUT2D eigenvalue weighted by molar-refractivity contribution is 6.32. The lowest BCUT2D eigenvalue weighted by Gasteiger charge is -2.10. The van der Waals surface area contributed by atoms with E-state index in [1.807, 2.05) is 6.92 Å². The zero-order valence-corrected chi connectivity index (χ0v) is 9.36. The first-order chi connectivity index (χ1) is 7.58. The molecule has 1 aromatic heterocycles. The van der Waals surface area contributed by atoms with E-state index in [0.717, 1.165) is 5.56 Å². The molecule has 2 rings (SSSR count). The van der Waals surface area contributed by atoms with Crippen LogP contribution in [0.2, 0.25) is 5.02 Å². The topological polar surface area (TPSA) is 63.3 Å². The van der Waals surface area contributed by atoms with E-state index in [0.29, 0.717) is 16.1 Å². The monoisotopic (exact) mass is 239 g/mol. The van der Waals surface area contributed by atoms with E-state index < -0.39 is 5.97 Å². The molecule has 0 aliphatic carbocycles. The summed E-state index contributed by atoms with van der Waals surface area (Å²) in [5, 5.41) is 9.24. The largest absolute Gasteiger partial charge is 0.481 e. The average Bonchev–Trinajstić information content (AvgIpc) is 2.61. The highest BCUT2D eigenvalue weighted by Gasteiger charge is 2.15. The standard InChI is InChI=1S/C11H10ClNO3/c1-6(2-11(14)15)7-3-9-10(4-8(7)12)16-5-13-9/h3-6H,2H2,1H3,(H,14,15). The van der Waals surface area contributed by atoms with Gasteiger partial charge in [0, 0.05) is 11.1 Å². The molecule has 0 bridgehead atoms. The van der Waals surface area contributed by atoms with Crippen LogP contribution in [0.1, 0.15) is 24.8 Å². The van der Waals surface area contributed by atoms with Crippen LogP contribution >= 0.6 is 11.6 Å². The molecule has 1 N–H and O–H groups in total. The zero-order chi connectivity index (χ0) is 11.7. The van der Waals surface area contributed by atoms with Gasteiger partial charge in [-0.15, -0.1) is 0 Å². The molecule has 2 aromatic rings. The fraction of sp³-hybridized carbons (Fsp3) is 0.273. The van der Waals surface area contributed by atoms with Crippen LogP contribution in [0.25, 0.3) is 11.1 Å². The SMILES string of the molecule is CC(CC(=O)O)c1cc2ncoc2cc1Cl. The van der Waals surface area contributed by atoms with Crippen molar-refractivity contribution in [3.05, 3.63) is 29.1 Å². The van der Waals surface area contributed by atoms with E-state index in [-0.39, 0.29) is 12.3 Å². The van der Waals surface area contributed by atoms with Gasteiger partial charge in [0.1, 0.15) is 5.52 Å². The van der Waals surface area contributed by atoms with Crippen LogP contribution in [0.4, 0.5) is 0 Å². The molecule has 1 unspecified atom stereocenters. The van der Waals surface area contributed by atoms with E-state index in [1.54, 1.807) is 12.1 Å². The maximum absolute atomic E-state index is 10.6. The fourth-order valence-corrected chi connectivity index (χ4v) is 1.98. The maximum atomic E-state index is 10.6. The van der Waals surface area contributed by atoms with Crippen molar-refractivity contribution in [1.82, 2.24) is 4.98 Å². The van der Waals surface area contributed by atoms with E-state index in [2.05, 4.69) is 4.98 Å². The number of carboxylic acids is 1. The third kappa shape index (κ3) is 2.02. The van der Waals surface area contributed by atoms with Gasteiger partial charge < -0.3 is 9.52 Å². The van der Waals surface area contributed by atoms with Crippen molar-refractivity contribution in [3.8, 4) is 0 Å². The highest BCUT2D eigenvalue weighted by atomic mass is 35.5. The number of aliphatic carboxylic acids is 1. The lowest BCUT2D eigenvalue weighted by Crippen LogP contribution is -2.03. The lowest BCUT2D eigenvalue weighted by molar-refractivity contribution is -0.137. The third-order valence-electron chi connectivity index (χ3n) is 2.46. The molecular weight excluding hydrogens is 230 g/mol. The van der Waals surface area contributed by atoms with Gasteiger partial charge in [-0.25, -0.2) is 4.98 Å². The summed E-state index contributed by atoms with van der Waals surface area (Å²) < 4.78 is 5.10. The smallest absolute Gasteiger partial charge is 0.303 e. The molecule has 0 aliphatic heterocycles.